The molecule has 0 bridgehead atoms. The van der Waals surface area contributed by atoms with Crippen LogP contribution in [0.5, 0.6) is 5.88 Å². The molecular formula is C15H18N2O2. The fraction of sp³-hybridized carbons (Fsp3) is 0.400. The maximum atomic E-state index is 5.89. The van der Waals surface area contributed by atoms with Gasteiger partial charge in [-0.15, -0.1) is 0 Å². The Labute approximate surface area is 112 Å². The lowest BCUT2D eigenvalue weighted by atomic mass is 10.0. The Morgan fingerprint density at radius 2 is 2.37 bits per heavy atom. The number of pyridine rings is 1. The van der Waals surface area contributed by atoms with Crippen molar-refractivity contribution in [1.82, 2.24) is 10.3 Å². The predicted molar refractivity (Wildman–Crippen MR) is 73.0 cm³/mol. The first-order chi connectivity index (χ1) is 9.43. The Hall–Kier alpha value is -1.81. The third kappa shape index (κ3) is 2.96. The summed E-state index contributed by atoms with van der Waals surface area (Å²) in [7, 11) is 0. The molecule has 3 rings (SSSR count). The molecule has 3 heterocycles. The molecule has 1 saturated heterocycles. The molecule has 0 spiro atoms. The van der Waals surface area contributed by atoms with E-state index in [9.17, 15) is 0 Å². The van der Waals surface area contributed by atoms with Crippen LogP contribution in [0.2, 0.25) is 0 Å². The first-order valence-corrected chi connectivity index (χ1v) is 6.76. The summed E-state index contributed by atoms with van der Waals surface area (Å²) in [6.45, 7) is 2.86. The molecule has 100 valence electrons. The maximum absolute atomic E-state index is 5.89. The quantitative estimate of drug-likeness (QED) is 0.916. The van der Waals surface area contributed by atoms with E-state index in [2.05, 4.69) is 10.3 Å². The maximum Gasteiger partial charge on any atom is 0.224 e. The van der Waals surface area contributed by atoms with Crippen molar-refractivity contribution in [1.29, 1.82) is 0 Å². The molecule has 1 fully saturated rings. The zero-order chi connectivity index (χ0) is 12.9. The fourth-order valence-electron chi connectivity index (χ4n) is 2.39. The highest BCUT2D eigenvalue weighted by atomic mass is 16.5. The van der Waals surface area contributed by atoms with Crippen molar-refractivity contribution >= 4 is 0 Å². The van der Waals surface area contributed by atoms with E-state index >= 15 is 0 Å². The molecule has 0 amide bonds. The lowest BCUT2D eigenvalue weighted by Crippen LogP contribution is -2.33. The lowest BCUT2D eigenvalue weighted by Gasteiger charge is -2.22. The summed E-state index contributed by atoms with van der Waals surface area (Å²) in [6.07, 6.45) is 5.86. The number of nitrogens with one attached hydrogen (secondary N) is 1. The van der Waals surface area contributed by atoms with Gasteiger partial charge in [0.05, 0.1) is 18.4 Å². The van der Waals surface area contributed by atoms with Crippen LogP contribution in [0.15, 0.2) is 41.1 Å². The second-order valence-electron chi connectivity index (χ2n) is 4.86. The van der Waals surface area contributed by atoms with Crippen LogP contribution in [-0.4, -0.2) is 24.7 Å². The van der Waals surface area contributed by atoms with E-state index in [0.29, 0.717) is 18.4 Å². The molecule has 2 aromatic heterocycles. The highest BCUT2D eigenvalue weighted by Crippen LogP contribution is 2.28. The van der Waals surface area contributed by atoms with Gasteiger partial charge in [0.25, 0.3) is 0 Å². The SMILES string of the molecule is c1coc(-c2cccnc2OCC2CCCNC2)c1. The number of aromatic nitrogens is 1. The number of furan rings is 1. The van der Waals surface area contributed by atoms with Gasteiger partial charge in [-0.05, 0) is 43.7 Å². The van der Waals surface area contributed by atoms with Crippen molar-refractivity contribution in [2.24, 2.45) is 5.92 Å². The Kier molecular flexibility index (Phi) is 3.79. The van der Waals surface area contributed by atoms with Crippen LogP contribution in [-0.2, 0) is 0 Å². The van der Waals surface area contributed by atoms with Crippen LogP contribution in [0.3, 0.4) is 0 Å². The van der Waals surface area contributed by atoms with Crippen LogP contribution in [0.25, 0.3) is 11.3 Å². The van der Waals surface area contributed by atoms with Gasteiger partial charge in [0.15, 0.2) is 0 Å². The van der Waals surface area contributed by atoms with Gasteiger partial charge in [0.1, 0.15) is 5.76 Å². The van der Waals surface area contributed by atoms with Crippen LogP contribution in [0.4, 0.5) is 0 Å². The summed E-state index contributed by atoms with van der Waals surface area (Å²) >= 11 is 0. The van der Waals surface area contributed by atoms with E-state index in [-0.39, 0.29) is 0 Å². The van der Waals surface area contributed by atoms with Gasteiger partial charge in [-0.25, -0.2) is 4.98 Å². The van der Waals surface area contributed by atoms with E-state index in [1.165, 1.54) is 12.8 Å². The second-order valence-corrected chi connectivity index (χ2v) is 4.86. The Morgan fingerprint density at radius 1 is 1.37 bits per heavy atom. The second kappa shape index (κ2) is 5.89. The average molecular weight is 258 g/mol. The number of nitrogens with zero attached hydrogens (tertiary/aromatic N) is 1. The molecule has 4 heteroatoms. The van der Waals surface area contributed by atoms with Gasteiger partial charge >= 0.3 is 0 Å². The number of piperidine rings is 1. The van der Waals surface area contributed by atoms with E-state index in [1.54, 1.807) is 12.5 Å². The molecular weight excluding hydrogens is 240 g/mol. The molecule has 1 atom stereocenters. The number of ether oxygens (including phenoxy) is 1. The predicted octanol–water partition coefficient (Wildman–Crippen LogP) is 2.72. The van der Waals surface area contributed by atoms with E-state index in [0.717, 1.165) is 24.4 Å². The van der Waals surface area contributed by atoms with Crippen molar-refractivity contribution < 1.29 is 9.15 Å². The normalized spacial score (nSPS) is 19.3. The minimum absolute atomic E-state index is 0.570. The van der Waals surface area contributed by atoms with Crippen LogP contribution < -0.4 is 10.1 Å². The molecule has 2 aromatic rings. The highest BCUT2D eigenvalue weighted by molar-refractivity contribution is 5.62. The van der Waals surface area contributed by atoms with E-state index < -0.39 is 0 Å². The zero-order valence-corrected chi connectivity index (χ0v) is 10.8. The molecule has 1 unspecified atom stereocenters. The molecule has 1 N–H and O–H groups in total. The minimum Gasteiger partial charge on any atom is -0.477 e. The number of hydrogen-bond acceptors (Lipinski definition) is 4. The summed E-state index contributed by atoms with van der Waals surface area (Å²) in [6, 6.07) is 7.66. The zero-order valence-electron chi connectivity index (χ0n) is 10.8. The standard InChI is InChI=1S/C15H18N2O2/c1-4-12(10-16-7-1)11-19-15-13(5-2-8-17-15)14-6-3-9-18-14/h2-3,5-6,8-9,12,16H,1,4,7,10-11H2. The average Bonchev–Trinajstić information content (AvgIpc) is 3.01. The molecule has 0 saturated carbocycles. The van der Waals surface area contributed by atoms with Gasteiger partial charge in [0.2, 0.25) is 5.88 Å². The van der Waals surface area contributed by atoms with E-state index in [4.69, 9.17) is 9.15 Å². The summed E-state index contributed by atoms with van der Waals surface area (Å²) in [5.74, 6) is 2.02. The lowest BCUT2D eigenvalue weighted by molar-refractivity contribution is 0.212. The van der Waals surface area contributed by atoms with Crippen molar-refractivity contribution in [2.45, 2.75) is 12.8 Å². The summed E-state index contributed by atoms with van der Waals surface area (Å²) in [5.41, 5.74) is 0.913. The molecule has 19 heavy (non-hydrogen) atoms. The topological polar surface area (TPSA) is 47.3 Å². The van der Waals surface area contributed by atoms with Crippen molar-refractivity contribution in [2.75, 3.05) is 19.7 Å². The number of hydrogen-bond donors (Lipinski definition) is 1. The molecule has 1 aliphatic rings. The summed E-state index contributed by atoms with van der Waals surface area (Å²) in [4.78, 5) is 4.32. The van der Waals surface area contributed by atoms with Crippen molar-refractivity contribution in [3.63, 3.8) is 0 Å². The number of rotatable bonds is 4. The Bertz CT molecular complexity index is 505. The van der Waals surface area contributed by atoms with Crippen molar-refractivity contribution in [3.05, 3.63) is 36.7 Å². The third-order valence-electron chi connectivity index (χ3n) is 3.41. The van der Waals surface area contributed by atoms with Crippen molar-refractivity contribution in [3.8, 4) is 17.2 Å². The van der Waals surface area contributed by atoms with Gasteiger partial charge in [0, 0.05) is 18.7 Å². The smallest absolute Gasteiger partial charge is 0.224 e. The van der Waals surface area contributed by atoms with Gasteiger partial charge in [-0.3, -0.25) is 0 Å². The van der Waals surface area contributed by atoms with Gasteiger partial charge < -0.3 is 14.5 Å². The summed E-state index contributed by atoms with van der Waals surface area (Å²) < 4.78 is 11.3. The minimum atomic E-state index is 0.570. The molecule has 0 aliphatic carbocycles. The Morgan fingerprint density at radius 3 is 3.16 bits per heavy atom. The largest absolute Gasteiger partial charge is 0.477 e. The first-order valence-electron chi connectivity index (χ1n) is 6.76. The third-order valence-corrected chi connectivity index (χ3v) is 3.41. The Balaban J connectivity index is 1.70. The van der Waals surface area contributed by atoms with Gasteiger partial charge in [-0.1, -0.05) is 0 Å². The fourth-order valence-corrected chi connectivity index (χ4v) is 2.39. The molecule has 0 aromatic carbocycles. The van der Waals surface area contributed by atoms with Gasteiger partial charge in [-0.2, -0.15) is 0 Å². The summed E-state index contributed by atoms with van der Waals surface area (Å²) in [5, 5.41) is 3.39. The van der Waals surface area contributed by atoms with Crippen LogP contribution >= 0.6 is 0 Å². The first kappa shape index (κ1) is 12.2. The molecule has 1 aliphatic heterocycles. The van der Waals surface area contributed by atoms with Crippen LogP contribution in [0.1, 0.15) is 12.8 Å². The highest BCUT2D eigenvalue weighted by Gasteiger charge is 2.16. The monoisotopic (exact) mass is 258 g/mol. The van der Waals surface area contributed by atoms with E-state index in [1.807, 2.05) is 24.3 Å². The van der Waals surface area contributed by atoms with Crippen LogP contribution in [0, 0.1) is 5.92 Å². The molecule has 4 nitrogen and oxygen atoms in total. The molecule has 0 radical (unpaired) electrons.